The van der Waals surface area contributed by atoms with Gasteiger partial charge in [0.15, 0.2) is 0 Å². The fourth-order valence-corrected chi connectivity index (χ4v) is 1.09. The van der Waals surface area contributed by atoms with Crippen molar-refractivity contribution in [1.82, 2.24) is 5.32 Å². The van der Waals surface area contributed by atoms with E-state index >= 15 is 0 Å². The number of hydrogen-bond donors (Lipinski definition) is 1. The Morgan fingerprint density at radius 1 is 1.33 bits per heavy atom. The van der Waals surface area contributed by atoms with E-state index in [1.165, 1.54) is 6.42 Å². The van der Waals surface area contributed by atoms with Gasteiger partial charge in [0.2, 0.25) is 0 Å². The minimum Gasteiger partial charge on any atom is -0.313 e. The first-order chi connectivity index (χ1) is 5.72. The van der Waals surface area contributed by atoms with Crippen LogP contribution in [0.2, 0.25) is 0 Å². The molecule has 1 unspecified atom stereocenters. The Hall–Kier alpha value is -0.480. The molecule has 0 fully saturated rings. The third-order valence-electron chi connectivity index (χ3n) is 1.96. The molecule has 0 aliphatic rings. The molecule has 0 rings (SSSR count). The van der Waals surface area contributed by atoms with E-state index in [0.29, 0.717) is 12.0 Å². The van der Waals surface area contributed by atoms with Crippen molar-refractivity contribution >= 4 is 0 Å². The lowest BCUT2D eigenvalue weighted by Crippen LogP contribution is -2.33. The highest BCUT2D eigenvalue weighted by atomic mass is 14.9. The average molecular weight is 167 g/mol. The van der Waals surface area contributed by atoms with Gasteiger partial charge >= 0.3 is 0 Å². The van der Waals surface area contributed by atoms with E-state index in [1.807, 2.05) is 6.92 Å². The predicted octanol–water partition coefficient (Wildman–Crippen LogP) is 2.42. The lowest BCUT2D eigenvalue weighted by atomic mass is 10.0. The average Bonchev–Trinajstić information content (AvgIpc) is 2.04. The maximum Gasteiger partial charge on any atom is 0.0245 e. The Morgan fingerprint density at radius 2 is 2.00 bits per heavy atom. The van der Waals surface area contributed by atoms with Crippen molar-refractivity contribution in [2.75, 3.05) is 6.54 Å². The highest BCUT2D eigenvalue weighted by molar-refractivity contribution is 4.98. The van der Waals surface area contributed by atoms with Crippen LogP contribution < -0.4 is 5.32 Å². The van der Waals surface area contributed by atoms with Gasteiger partial charge < -0.3 is 5.32 Å². The van der Waals surface area contributed by atoms with E-state index in [4.69, 9.17) is 0 Å². The minimum atomic E-state index is 0.567. The lowest BCUT2D eigenvalue weighted by molar-refractivity contribution is 0.406. The summed E-state index contributed by atoms with van der Waals surface area (Å²) in [5.41, 5.74) is 0. The van der Waals surface area contributed by atoms with Crippen LogP contribution in [-0.2, 0) is 0 Å². The van der Waals surface area contributed by atoms with Crippen LogP contribution in [-0.4, -0.2) is 12.6 Å². The van der Waals surface area contributed by atoms with Gasteiger partial charge in [-0.2, -0.15) is 0 Å². The maximum absolute atomic E-state index is 3.50. The van der Waals surface area contributed by atoms with Crippen LogP contribution in [0.4, 0.5) is 0 Å². The first-order valence-electron chi connectivity index (χ1n) is 4.85. The van der Waals surface area contributed by atoms with Crippen LogP contribution >= 0.6 is 0 Å². The topological polar surface area (TPSA) is 12.0 Å². The van der Waals surface area contributed by atoms with E-state index in [-0.39, 0.29) is 0 Å². The largest absolute Gasteiger partial charge is 0.313 e. The van der Waals surface area contributed by atoms with Crippen molar-refractivity contribution in [3.63, 3.8) is 0 Å². The van der Waals surface area contributed by atoms with Crippen LogP contribution in [0.15, 0.2) is 0 Å². The first kappa shape index (κ1) is 11.5. The van der Waals surface area contributed by atoms with Crippen LogP contribution in [0.1, 0.15) is 40.5 Å². The fourth-order valence-electron chi connectivity index (χ4n) is 1.09. The van der Waals surface area contributed by atoms with Crippen molar-refractivity contribution in [3.05, 3.63) is 0 Å². The Balaban J connectivity index is 3.75. The van der Waals surface area contributed by atoms with E-state index in [1.54, 1.807) is 0 Å². The number of nitrogens with one attached hydrogen (secondary N) is 1. The summed E-state index contributed by atoms with van der Waals surface area (Å²) >= 11 is 0. The van der Waals surface area contributed by atoms with Gasteiger partial charge in [0.1, 0.15) is 0 Å². The van der Waals surface area contributed by atoms with E-state index in [0.717, 1.165) is 13.0 Å². The molecule has 0 aliphatic heterocycles. The van der Waals surface area contributed by atoms with Crippen molar-refractivity contribution in [2.24, 2.45) is 5.92 Å². The zero-order chi connectivity index (χ0) is 9.40. The molecule has 0 bridgehead atoms. The molecular formula is C11H21N. The number of rotatable bonds is 5. The van der Waals surface area contributed by atoms with Gasteiger partial charge in [-0.25, -0.2) is 0 Å². The first-order valence-corrected chi connectivity index (χ1v) is 4.85. The molecule has 0 aromatic rings. The van der Waals surface area contributed by atoms with Gasteiger partial charge in [0, 0.05) is 12.5 Å². The van der Waals surface area contributed by atoms with Crippen molar-refractivity contribution in [2.45, 2.75) is 46.6 Å². The van der Waals surface area contributed by atoms with Gasteiger partial charge in [0.05, 0.1) is 0 Å². The third kappa shape index (κ3) is 5.21. The molecule has 0 heterocycles. The van der Waals surface area contributed by atoms with E-state index in [2.05, 4.69) is 37.9 Å². The van der Waals surface area contributed by atoms with Gasteiger partial charge in [-0.15, -0.1) is 11.8 Å². The zero-order valence-electron chi connectivity index (χ0n) is 8.78. The highest BCUT2D eigenvalue weighted by Gasteiger charge is 2.09. The van der Waals surface area contributed by atoms with Crippen LogP contribution in [0.25, 0.3) is 0 Å². The summed E-state index contributed by atoms with van der Waals surface area (Å²) in [5.74, 6) is 6.74. The smallest absolute Gasteiger partial charge is 0.0245 e. The van der Waals surface area contributed by atoms with Crippen LogP contribution in [0.3, 0.4) is 0 Å². The summed E-state index contributed by atoms with van der Waals surface area (Å²) < 4.78 is 0. The monoisotopic (exact) mass is 167 g/mol. The molecule has 0 aliphatic carbocycles. The molecule has 1 nitrogen and oxygen atoms in total. The molecule has 0 spiro atoms. The molecule has 1 heteroatoms. The Kier molecular flexibility index (Phi) is 6.90. The predicted molar refractivity (Wildman–Crippen MR) is 55.0 cm³/mol. The molecule has 70 valence electrons. The summed E-state index contributed by atoms with van der Waals surface area (Å²) in [7, 11) is 0. The van der Waals surface area contributed by atoms with Crippen LogP contribution in [0.5, 0.6) is 0 Å². The molecule has 0 amide bonds. The summed E-state index contributed by atoms with van der Waals surface area (Å²) in [6, 6.07) is 0.567. The number of hydrogen-bond acceptors (Lipinski definition) is 1. The second-order valence-corrected chi connectivity index (χ2v) is 3.44. The second-order valence-electron chi connectivity index (χ2n) is 3.44. The summed E-state index contributed by atoms with van der Waals surface area (Å²) in [6.07, 6.45) is 2.18. The molecule has 0 saturated carbocycles. The molecule has 0 saturated heterocycles. The van der Waals surface area contributed by atoms with Gasteiger partial charge in [-0.05, 0) is 25.8 Å². The summed E-state index contributed by atoms with van der Waals surface area (Å²) in [5, 5.41) is 3.50. The van der Waals surface area contributed by atoms with Crippen molar-refractivity contribution in [1.29, 1.82) is 0 Å². The van der Waals surface area contributed by atoms with Gasteiger partial charge in [0.25, 0.3) is 0 Å². The minimum absolute atomic E-state index is 0.567. The summed E-state index contributed by atoms with van der Waals surface area (Å²) in [6.45, 7) is 9.68. The van der Waals surface area contributed by atoms with Crippen LogP contribution in [0, 0.1) is 17.8 Å². The molecule has 0 radical (unpaired) electrons. The molecule has 12 heavy (non-hydrogen) atoms. The zero-order valence-corrected chi connectivity index (χ0v) is 8.78. The second kappa shape index (κ2) is 7.18. The van der Waals surface area contributed by atoms with Crippen molar-refractivity contribution < 1.29 is 0 Å². The van der Waals surface area contributed by atoms with E-state index < -0.39 is 0 Å². The maximum atomic E-state index is 3.50. The Morgan fingerprint density at radius 3 is 2.42 bits per heavy atom. The van der Waals surface area contributed by atoms with Crippen molar-refractivity contribution in [3.8, 4) is 11.8 Å². The molecular weight excluding hydrogens is 146 g/mol. The molecule has 0 aromatic heterocycles. The fraction of sp³-hybridized carbons (Fsp3) is 0.818. The Bertz CT molecular complexity index is 150. The quantitative estimate of drug-likeness (QED) is 0.620. The lowest BCUT2D eigenvalue weighted by Gasteiger charge is -2.19. The Labute approximate surface area is 76.9 Å². The van der Waals surface area contributed by atoms with E-state index in [9.17, 15) is 0 Å². The molecule has 1 N–H and O–H groups in total. The summed E-state index contributed by atoms with van der Waals surface area (Å²) in [4.78, 5) is 0. The molecule has 1 atom stereocenters. The van der Waals surface area contributed by atoms with Gasteiger partial charge in [-0.1, -0.05) is 20.8 Å². The standard InChI is InChI=1S/C11H21N/c1-5-7-8-11(10(3)4)12-9-6-2/h10-12H,6,8-9H2,1-4H3. The molecule has 0 aromatic carbocycles. The highest BCUT2D eigenvalue weighted by Crippen LogP contribution is 2.04. The third-order valence-corrected chi connectivity index (χ3v) is 1.96. The van der Waals surface area contributed by atoms with Gasteiger partial charge in [-0.3, -0.25) is 0 Å². The SMILES string of the molecule is CC#CCC(NCCC)C(C)C. The normalized spacial score (nSPS) is 12.4.